The van der Waals surface area contributed by atoms with E-state index in [1.54, 1.807) is 19.1 Å². The van der Waals surface area contributed by atoms with Gasteiger partial charge < -0.3 is 0 Å². The van der Waals surface area contributed by atoms with Crippen LogP contribution >= 0.6 is 0 Å². The molecule has 0 radical (unpaired) electrons. The normalized spacial score (nSPS) is 12.4. The van der Waals surface area contributed by atoms with E-state index in [4.69, 9.17) is 0 Å². The minimum Gasteiger partial charge on any atom is -0.235 e. The molecule has 18 heavy (non-hydrogen) atoms. The van der Waals surface area contributed by atoms with Crippen molar-refractivity contribution in [2.75, 3.05) is 0 Å². The standard InChI is InChI=1S/C11H7F3N4/c1-6-5-8(11(12,13)14)16-10-7-3-2-4-15-9(7)17-18(6)10/h2-5H,1H3. The third-order valence-electron chi connectivity index (χ3n) is 2.62. The molecule has 3 heterocycles. The lowest BCUT2D eigenvalue weighted by Crippen LogP contribution is -2.10. The number of rotatable bonds is 0. The first-order valence-electron chi connectivity index (χ1n) is 5.15. The Morgan fingerprint density at radius 1 is 1.28 bits per heavy atom. The van der Waals surface area contributed by atoms with Crippen molar-refractivity contribution in [2.45, 2.75) is 13.1 Å². The van der Waals surface area contributed by atoms with E-state index in [9.17, 15) is 13.2 Å². The van der Waals surface area contributed by atoms with Crippen molar-refractivity contribution in [2.24, 2.45) is 0 Å². The van der Waals surface area contributed by atoms with Crippen LogP contribution in [0, 0.1) is 6.92 Å². The van der Waals surface area contributed by atoms with E-state index in [0.717, 1.165) is 6.07 Å². The van der Waals surface area contributed by atoms with E-state index >= 15 is 0 Å². The van der Waals surface area contributed by atoms with Crippen LogP contribution in [0.4, 0.5) is 13.2 Å². The van der Waals surface area contributed by atoms with Crippen molar-refractivity contribution >= 4 is 16.7 Å². The molecule has 0 aliphatic heterocycles. The van der Waals surface area contributed by atoms with Crippen LogP contribution in [0.2, 0.25) is 0 Å². The maximum Gasteiger partial charge on any atom is 0.433 e. The Morgan fingerprint density at radius 2 is 2.06 bits per heavy atom. The van der Waals surface area contributed by atoms with Gasteiger partial charge in [-0.1, -0.05) is 0 Å². The van der Waals surface area contributed by atoms with Crippen molar-refractivity contribution in [3.8, 4) is 0 Å². The summed E-state index contributed by atoms with van der Waals surface area (Å²) < 4.78 is 39.5. The molecule has 3 aromatic rings. The van der Waals surface area contributed by atoms with E-state index in [-0.39, 0.29) is 5.65 Å². The van der Waals surface area contributed by atoms with Gasteiger partial charge in [-0.3, -0.25) is 0 Å². The van der Waals surface area contributed by atoms with Crippen LogP contribution in [-0.4, -0.2) is 19.6 Å². The van der Waals surface area contributed by atoms with Crippen LogP contribution in [0.25, 0.3) is 16.7 Å². The topological polar surface area (TPSA) is 43.1 Å². The van der Waals surface area contributed by atoms with Crippen LogP contribution in [0.3, 0.4) is 0 Å². The maximum atomic E-state index is 12.7. The van der Waals surface area contributed by atoms with Crippen molar-refractivity contribution in [3.05, 3.63) is 35.8 Å². The summed E-state index contributed by atoms with van der Waals surface area (Å²) in [7, 11) is 0. The van der Waals surface area contributed by atoms with Crippen LogP contribution in [-0.2, 0) is 6.18 Å². The molecular weight excluding hydrogens is 245 g/mol. The molecule has 0 spiro atoms. The van der Waals surface area contributed by atoms with E-state index < -0.39 is 11.9 Å². The smallest absolute Gasteiger partial charge is 0.235 e. The monoisotopic (exact) mass is 252 g/mol. The molecule has 0 aromatic carbocycles. The lowest BCUT2D eigenvalue weighted by Gasteiger charge is -2.07. The first-order valence-corrected chi connectivity index (χ1v) is 5.15. The number of nitrogens with zero attached hydrogens (tertiary/aromatic N) is 4. The number of hydrogen-bond donors (Lipinski definition) is 0. The van der Waals surface area contributed by atoms with Gasteiger partial charge in [-0.15, -0.1) is 5.10 Å². The zero-order chi connectivity index (χ0) is 12.9. The van der Waals surface area contributed by atoms with Gasteiger partial charge in [0, 0.05) is 11.9 Å². The second kappa shape index (κ2) is 3.41. The van der Waals surface area contributed by atoms with E-state index in [1.165, 1.54) is 10.7 Å². The highest BCUT2D eigenvalue weighted by Crippen LogP contribution is 2.29. The lowest BCUT2D eigenvalue weighted by molar-refractivity contribution is -0.141. The quantitative estimate of drug-likeness (QED) is 0.617. The van der Waals surface area contributed by atoms with Crippen molar-refractivity contribution in [1.82, 2.24) is 19.6 Å². The molecule has 0 bridgehead atoms. The van der Waals surface area contributed by atoms with Gasteiger partial charge in [-0.05, 0) is 25.1 Å². The van der Waals surface area contributed by atoms with Crippen molar-refractivity contribution in [3.63, 3.8) is 0 Å². The molecule has 0 aliphatic rings. The molecule has 0 saturated heterocycles. The summed E-state index contributed by atoms with van der Waals surface area (Å²) in [6.07, 6.45) is -2.93. The lowest BCUT2D eigenvalue weighted by atomic mass is 10.3. The molecule has 0 aliphatic carbocycles. The van der Waals surface area contributed by atoms with Crippen LogP contribution in [0.1, 0.15) is 11.4 Å². The van der Waals surface area contributed by atoms with Crippen LogP contribution in [0.15, 0.2) is 24.4 Å². The summed E-state index contributed by atoms with van der Waals surface area (Å²) >= 11 is 0. The number of pyridine rings is 1. The first kappa shape index (κ1) is 10.9. The molecule has 3 aromatic heterocycles. The minimum atomic E-state index is -4.47. The van der Waals surface area contributed by atoms with Gasteiger partial charge in [-0.2, -0.15) is 13.2 Å². The Balaban J connectivity index is 2.44. The molecule has 3 rings (SSSR count). The summed E-state index contributed by atoms with van der Waals surface area (Å²) in [5.74, 6) is 0. The van der Waals surface area contributed by atoms with Crippen LogP contribution < -0.4 is 0 Å². The summed E-state index contributed by atoms with van der Waals surface area (Å²) in [6, 6.07) is 4.26. The summed E-state index contributed by atoms with van der Waals surface area (Å²) in [4.78, 5) is 7.63. The van der Waals surface area contributed by atoms with Gasteiger partial charge in [0.05, 0.1) is 5.39 Å². The fourth-order valence-electron chi connectivity index (χ4n) is 1.81. The second-order valence-corrected chi connectivity index (χ2v) is 3.89. The Labute approximate surface area is 99.1 Å². The number of halogens is 3. The molecule has 7 heteroatoms. The highest BCUT2D eigenvalue weighted by atomic mass is 19.4. The van der Waals surface area contributed by atoms with Gasteiger partial charge in [0.2, 0.25) is 0 Å². The summed E-state index contributed by atoms with van der Waals surface area (Å²) in [5, 5.41) is 4.62. The van der Waals surface area contributed by atoms with Gasteiger partial charge in [0.1, 0.15) is 5.69 Å². The summed E-state index contributed by atoms with van der Waals surface area (Å²) in [6.45, 7) is 1.55. The average Bonchev–Trinajstić information content (AvgIpc) is 2.67. The minimum absolute atomic E-state index is 0.172. The van der Waals surface area contributed by atoms with E-state index in [1.807, 2.05) is 0 Å². The highest BCUT2D eigenvalue weighted by molar-refractivity contribution is 5.89. The molecule has 4 nitrogen and oxygen atoms in total. The molecule has 0 unspecified atom stereocenters. The van der Waals surface area contributed by atoms with E-state index in [0.29, 0.717) is 16.7 Å². The SMILES string of the molecule is Cc1cc(C(F)(F)F)nc2c3cccnc3nn12. The molecule has 0 amide bonds. The fraction of sp³-hybridized carbons (Fsp3) is 0.182. The van der Waals surface area contributed by atoms with Gasteiger partial charge in [-0.25, -0.2) is 14.5 Å². The first-order chi connectivity index (χ1) is 8.47. The number of alkyl halides is 3. The molecular formula is C11H7F3N4. The van der Waals surface area contributed by atoms with E-state index in [2.05, 4.69) is 15.1 Å². The maximum absolute atomic E-state index is 12.7. The Morgan fingerprint density at radius 3 is 2.78 bits per heavy atom. The zero-order valence-electron chi connectivity index (χ0n) is 9.23. The highest BCUT2D eigenvalue weighted by Gasteiger charge is 2.33. The van der Waals surface area contributed by atoms with Gasteiger partial charge in [0.15, 0.2) is 11.3 Å². The van der Waals surface area contributed by atoms with Crippen molar-refractivity contribution in [1.29, 1.82) is 0 Å². The number of hydrogen-bond acceptors (Lipinski definition) is 3. The van der Waals surface area contributed by atoms with Crippen molar-refractivity contribution < 1.29 is 13.2 Å². The Bertz CT molecular complexity index is 745. The molecule has 0 fully saturated rings. The van der Waals surface area contributed by atoms with Gasteiger partial charge in [0.25, 0.3) is 0 Å². The predicted octanol–water partition coefficient (Wildman–Crippen LogP) is 2.60. The largest absolute Gasteiger partial charge is 0.433 e. The Kier molecular flexibility index (Phi) is 2.07. The average molecular weight is 252 g/mol. The predicted molar refractivity (Wildman–Crippen MR) is 58.0 cm³/mol. The fourth-order valence-corrected chi connectivity index (χ4v) is 1.81. The Hall–Kier alpha value is -2.18. The molecule has 92 valence electrons. The molecule has 0 N–H and O–H groups in total. The number of fused-ring (bicyclic) bond motifs is 3. The zero-order valence-corrected chi connectivity index (χ0v) is 9.23. The third-order valence-corrected chi connectivity index (χ3v) is 2.62. The van der Waals surface area contributed by atoms with Crippen LogP contribution in [0.5, 0.6) is 0 Å². The number of aryl methyl sites for hydroxylation is 1. The molecule has 0 atom stereocenters. The second-order valence-electron chi connectivity index (χ2n) is 3.89. The van der Waals surface area contributed by atoms with Gasteiger partial charge >= 0.3 is 6.18 Å². The third kappa shape index (κ3) is 1.51. The summed E-state index contributed by atoms with van der Waals surface area (Å²) in [5.41, 5.74) is 0.00123. The molecule has 0 saturated carbocycles. The number of aromatic nitrogens is 4.